The molecule has 0 saturated carbocycles. The summed E-state index contributed by atoms with van der Waals surface area (Å²) in [6.07, 6.45) is 3.14. The number of nitrogens with zero attached hydrogens (tertiary/aromatic N) is 5. The van der Waals surface area contributed by atoms with E-state index in [1.807, 2.05) is 37.3 Å². The molecule has 3 aromatic rings. The first-order valence-corrected chi connectivity index (χ1v) is 13.0. The van der Waals surface area contributed by atoms with E-state index in [-0.39, 0.29) is 18.6 Å². The zero-order chi connectivity index (χ0) is 27.9. The monoisotopic (exact) mass is 553 g/mol. The predicted octanol–water partition coefficient (Wildman–Crippen LogP) is 3.45. The summed E-state index contributed by atoms with van der Waals surface area (Å²) in [4.78, 5) is 23.1. The molecule has 2 aliphatic heterocycles. The molecule has 4 heterocycles. The summed E-state index contributed by atoms with van der Waals surface area (Å²) in [5, 5.41) is 16.1. The molecule has 5 rings (SSSR count). The molecule has 1 saturated heterocycles. The molecule has 40 heavy (non-hydrogen) atoms. The minimum atomic E-state index is -0.504. The molecular formula is C27H32FN7O5. The lowest BCUT2D eigenvalue weighted by Gasteiger charge is -2.22. The third-order valence-corrected chi connectivity index (χ3v) is 6.69. The number of amides is 2. The van der Waals surface area contributed by atoms with Crippen LogP contribution in [0.1, 0.15) is 17.7 Å². The zero-order valence-electron chi connectivity index (χ0n) is 22.4. The Morgan fingerprint density at radius 3 is 2.85 bits per heavy atom. The second-order valence-corrected chi connectivity index (χ2v) is 9.48. The van der Waals surface area contributed by atoms with Gasteiger partial charge >= 0.3 is 6.03 Å². The maximum absolute atomic E-state index is 13.9. The van der Waals surface area contributed by atoms with Crippen LogP contribution < -0.4 is 15.4 Å². The number of hydrogen-bond acceptors (Lipinski definition) is 9. The number of aromatic nitrogens is 3. The lowest BCUT2D eigenvalue weighted by atomic mass is 9.93. The van der Waals surface area contributed by atoms with Crippen LogP contribution in [-0.2, 0) is 16.2 Å². The molecule has 1 unspecified atom stereocenters. The van der Waals surface area contributed by atoms with Gasteiger partial charge in [0.25, 0.3) is 0 Å². The van der Waals surface area contributed by atoms with Gasteiger partial charge in [-0.3, -0.25) is 15.1 Å². The summed E-state index contributed by atoms with van der Waals surface area (Å²) in [5.74, 6) is 0.221. The number of anilines is 1. The number of ether oxygens (including phenoxy) is 2. The number of urea groups is 1. The Bertz CT molecular complexity index is 1340. The number of halogens is 1. The highest BCUT2D eigenvalue weighted by molar-refractivity contribution is 5.90. The molecule has 2 N–H and O–H groups in total. The molecular weight excluding hydrogens is 521 g/mol. The Morgan fingerprint density at radius 2 is 2.10 bits per heavy atom. The molecule has 2 aliphatic rings. The maximum atomic E-state index is 13.9. The standard InChI is InChI=1S/C27H32FN7O5/c1-18-25(35(22-6-4-3-5-7-22)32-26(18)38-17-21-9-12-39-33-21)31-27(36)30-15-20-16-34(11-13-37-2)40-24(20)19-8-10-29-23(28)14-19/h3-7,9,12,14,20,24H,8,10-11,13,15-17H2,1-2H3,(H2,30,31,36)/t20?,24-/m0/s1. The van der Waals surface area contributed by atoms with Gasteiger partial charge in [-0.15, -0.1) is 5.10 Å². The van der Waals surface area contributed by atoms with E-state index in [0.29, 0.717) is 62.2 Å². The van der Waals surface area contributed by atoms with Crippen LogP contribution in [0, 0.1) is 12.8 Å². The molecule has 12 nitrogen and oxygen atoms in total. The number of carbonyl (C=O) groups excluding carboxylic acids is 1. The second-order valence-electron chi connectivity index (χ2n) is 9.48. The molecule has 0 radical (unpaired) electrons. The number of aliphatic imine (C=N–C) groups is 1. The summed E-state index contributed by atoms with van der Waals surface area (Å²) in [6, 6.07) is 10.7. The highest BCUT2D eigenvalue weighted by Gasteiger charge is 2.37. The van der Waals surface area contributed by atoms with Crippen molar-refractivity contribution in [3.63, 3.8) is 0 Å². The highest BCUT2D eigenvalue weighted by Crippen LogP contribution is 2.31. The van der Waals surface area contributed by atoms with E-state index < -0.39 is 12.0 Å². The van der Waals surface area contributed by atoms with Crippen LogP contribution in [0.2, 0.25) is 0 Å². The van der Waals surface area contributed by atoms with E-state index in [1.54, 1.807) is 22.9 Å². The normalized spacial score (nSPS) is 19.3. The van der Waals surface area contributed by atoms with Gasteiger partial charge in [0.15, 0.2) is 0 Å². The Hall–Kier alpha value is -4.07. The van der Waals surface area contributed by atoms with Crippen molar-refractivity contribution in [1.29, 1.82) is 0 Å². The molecule has 2 amide bonds. The van der Waals surface area contributed by atoms with Crippen molar-refractivity contribution in [3.8, 4) is 11.6 Å². The van der Waals surface area contributed by atoms with E-state index in [2.05, 4.69) is 25.9 Å². The Morgan fingerprint density at radius 1 is 1.25 bits per heavy atom. The second kappa shape index (κ2) is 12.9. The van der Waals surface area contributed by atoms with Crippen LogP contribution in [-0.4, -0.2) is 78.0 Å². The fourth-order valence-electron chi connectivity index (χ4n) is 4.66. The molecule has 212 valence electrons. The molecule has 0 spiro atoms. The summed E-state index contributed by atoms with van der Waals surface area (Å²) in [7, 11) is 1.62. The van der Waals surface area contributed by atoms with Crippen LogP contribution in [0.15, 0.2) is 63.8 Å². The number of allylic oxidation sites excluding steroid dienone is 1. The lowest BCUT2D eigenvalue weighted by molar-refractivity contribution is -0.143. The Balaban J connectivity index is 1.29. The van der Waals surface area contributed by atoms with Gasteiger partial charge < -0.3 is 19.3 Å². The van der Waals surface area contributed by atoms with Gasteiger partial charge in [0.05, 0.1) is 17.9 Å². The minimum Gasteiger partial charge on any atom is -0.470 e. The fourth-order valence-corrected chi connectivity index (χ4v) is 4.66. The van der Waals surface area contributed by atoms with Crippen molar-refractivity contribution in [2.45, 2.75) is 26.1 Å². The van der Waals surface area contributed by atoms with E-state index >= 15 is 0 Å². The summed E-state index contributed by atoms with van der Waals surface area (Å²) >= 11 is 0. The van der Waals surface area contributed by atoms with Gasteiger partial charge in [-0.25, -0.2) is 9.48 Å². The first-order chi connectivity index (χ1) is 19.5. The van der Waals surface area contributed by atoms with Gasteiger partial charge in [-0.2, -0.15) is 9.45 Å². The largest absolute Gasteiger partial charge is 0.470 e. The van der Waals surface area contributed by atoms with Crippen LogP contribution in [0.4, 0.5) is 15.0 Å². The van der Waals surface area contributed by atoms with Crippen LogP contribution >= 0.6 is 0 Å². The van der Waals surface area contributed by atoms with Crippen molar-refractivity contribution in [2.24, 2.45) is 10.9 Å². The number of methoxy groups -OCH3 is 1. The number of carbonyl (C=O) groups is 1. The zero-order valence-corrected chi connectivity index (χ0v) is 22.4. The van der Waals surface area contributed by atoms with Crippen molar-refractivity contribution < 1.29 is 28.0 Å². The molecule has 13 heteroatoms. The van der Waals surface area contributed by atoms with Crippen molar-refractivity contribution in [3.05, 3.63) is 65.6 Å². The van der Waals surface area contributed by atoms with E-state index in [1.165, 1.54) is 12.3 Å². The SMILES string of the molecule is COCCN1CC(CNC(=O)Nc2c(C)c(OCc3ccon3)nn2-c2ccccc2)[C@H](C2=CC(F)=NCC2)O1. The molecule has 2 aromatic heterocycles. The van der Waals surface area contributed by atoms with Gasteiger partial charge in [-0.1, -0.05) is 23.4 Å². The summed E-state index contributed by atoms with van der Waals surface area (Å²) < 4.78 is 31.4. The van der Waals surface area contributed by atoms with E-state index in [0.717, 1.165) is 11.3 Å². The van der Waals surface area contributed by atoms with Gasteiger partial charge in [0.1, 0.15) is 30.5 Å². The summed E-state index contributed by atoms with van der Waals surface area (Å²) in [6.45, 7) is 4.28. The average molecular weight is 554 g/mol. The third-order valence-electron chi connectivity index (χ3n) is 6.69. The number of rotatable bonds is 11. The third kappa shape index (κ3) is 6.55. The number of para-hydroxylation sites is 1. The molecule has 1 aromatic carbocycles. The van der Waals surface area contributed by atoms with Crippen molar-refractivity contribution >= 4 is 17.8 Å². The Kier molecular flexibility index (Phi) is 8.84. The number of hydroxylamine groups is 2. The molecule has 2 atom stereocenters. The first kappa shape index (κ1) is 27.5. The smallest absolute Gasteiger partial charge is 0.320 e. The van der Waals surface area contributed by atoms with Gasteiger partial charge in [0, 0.05) is 45.3 Å². The van der Waals surface area contributed by atoms with Crippen LogP contribution in [0.3, 0.4) is 0 Å². The summed E-state index contributed by atoms with van der Waals surface area (Å²) in [5.41, 5.74) is 2.85. The lowest BCUT2D eigenvalue weighted by Crippen LogP contribution is -2.38. The van der Waals surface area contributed by atoms with Crippen LogP contribution in [0.5, 0.6) is 5.88 Å². The number of hydrogen-bond donors (Lipinski definition) is 2. The van der Waals surface area contributed by atoms with Crippen LogP contribution in [0.25, 0.3) is 5.69 Å². The van der Waals surface area contributed by atoms with Gasteiger partial charge in [-0.05, 0) is 37.1 Å². The minimum absolute atomic E-state index is 0.0961. The maximum Gasteiger partial charge on any atom is 0.320 e. The molecule has 1 fully saturated rings. The van der Waals surface area contributed by atoms with E-state index in [9.17, 15) is 9.18 Å². The fraction of sp³-hybridized carbons (Fsp3) is 0.407. The first-order valence-electron chi connectivity index (χ1n) is 13.0. The molecule has 0 bridgehead atoms. The topological polar surface area (TPSA) is 128 Å². The molecule has 0 aliphatic carbocycles. The number of benzene rings is 1. The van der Waals surface area contributed by atoms with Crippen molar-refractivity contribution in [2.75, 3.05) is 45.2 Å². The van der Waals surface area contributed by atoms with Crippen molar-refractivity contribution in [1.82, 2.24) is 25.3 Å². The number of dihydropyridines is 1. The van der Waals surface area contributed by atoms with E-state index in [4.69, 9.17) is 18.8 Å². The highest BCUT2D eigenvalue weighted by atomic mass is 19.1. The predicted molar refractivity (Wildman–Crippen MR) is 144 cm³/mol. The number of nitrogens with one attached hydrogen (secondary N) is 2. The Labute approximate surface area is 230 Å². The van der Waals surface area contributed by atoms with Gasteiger partial charge in [0.2, 0.25) is 11.8 Å². The quantitative estimate of drug-likeness (QED) is 0.370. The average Bonchev–Trinajstić information content (AvgIpc) is 3.70.